The number of hydrogen-bond acceptors (Lipinski definition) is 4. The van der Waals surface area contributed by atoms with Crippen molar-refractivity contribution in [2.75, 3.05) is 6.61 Å². The highest BCUT2D eigenvalue weighted by Crippen LogP contribution is 2.33. The average Bonchev–Trinajstić information content (AvgIpc) is 2.83. The molecular formula is C28H31F4NO3. The minimum Gasteiger partial charge on any atom is -0.493 e. The fourth-order valence-electron chi connectivity index (χ4n) is 4.64. The number of carbonyl (C=O) groups is 1. The summed E-state index contributed by atoms with van der Waals surface area (Å²) >= 11 is 0. The van der Waals surface area contributed by atoms with Crippen molar-refractivity contribution in [3.8, 4) is 17.6 Å². The molecule has 1 aliphatic rings. The third-order valence-corrected chi connectivity index (χ3v) is 6.73. The Bertz CT molecular complexity index is 1040. The van der Waals surface area contributed by atoms with Crippen LogP contribution in [0.2, 0.25) is 0 Å². The predicted octanol–water partition coefficient (Wildman–Crippen LogP) is 7.88. The Morgan fingerprint density at radius 1 is 0.861 bits per heavy atom. The maximum Gasteiger partial charge on any atom is 0.349 e. The summed E-state index contributed by atoms with van der Waals surface area (Å²) in [5.74, 6) is -6.03. The van der Waals surface area contributed by atoms with Crippen molar-refractivity contribution in [2.45, 2.75) is 71.1 Å². The van der Waals surface area contributed by atoms with E-state index in [-0.39, 0.29) is 5.75 Å². The molecule has 0 amide bonds. The Kier molecular flexibility index (Phi) is 10.2. The third-order valence-electron chi connectivity index (χ3n) is 6.73. The van der Waals surface area contributed by atoms with E-state index in [9.17, 15) is 22.4 Å². The summed E-state index contributed by atoms with van der Waals surface area (Å²) in [6.45, 7) is 2.54. The van der Waals surface area contributed by atoms with Gasteiger partial charge in [-0.2, -0.15) is 5.26 Å². The van der Waals surface area contributed by atoms with Crippen LogP contribution in [0.1, 0.15) is 87.1 Å². The number of unbranched alkanes of at least 4 members (excludes halogenated alkanes) is 4. The van der Waals surface area contributed by atoms with Crippen LogP contribution >= 0.6 is 0 Å². The van der Waals surface area contributed by atoms with Gasteiger partial charge in [0.2, 0.25) is 0 Å². The lowest BCUT2D eigenvalue weighted by atomic mass is 9.80. The molecule has 4 nitrogen and oxygen atoms in total. The normalized spacial score (nSPS) is 17.4. The Morgan fingerprint density at radius 3 is 2.00 bits per heavy atom. The van der Waals surface area contributed by atoms with Crippen LogP contribution < -0.4 is 9.47 Å². The molecule has 2 aromatic carbocycles. The Morgan fingerprint density at radius 2 is 1.42 bits per heavy atom. The zero-order valence-corrected chi connectivity index (χ0v) is 20.4. The van der Waals surface area contributed by atoms with Gasteiger partial charge in [-0.15, -0.1) is 0 Å². The second kappa shape index (κ2) is 13.3. The first-order chi connectivity index (χ1) is 17.3. The molecule has 0 atom stereocenters. The molecule has 0 N–H and O–H groups in total. The quantitative estimate of drug-likeness (QED) is 0.135. The van der Waals surface area contributed by atoms with Gasteiger partial charge in [0.1, 0.15) is 52.0 Å². The second-order valence-electron chi connectivity index (χ2n) is 9.43. The van der Waals surface area contributed by atoms with Gasteiger partial charge in [0.05, 0.1) is 6.61 Å². The van der Waals surface area contributed by atoms with Crippen LogP contribution in [0.4, 0.5) is 17.6 Å². The molecule has 36 heavy (non-hydrogen) atoms. The number of halogens is 4. The number of esters is 1. The van der Waals surface area contributed by atoms with Crippen LogP contribution in [0.25, 0.3) is 0 Å². The van der Waals surface area contributed by atoms with E-state index in [0.717, 1.165) is 43.7 Å². The standard InChI is InChI=1S/C28H31F4NO3/c1-2-3-4-5-6-7-18-8-10-19(11-9-18)17-35-20-12-25(31)27(26(32)13-20)28(34)36-21-14-23(29)22(16-33)24(30)15-21/h12-15,18-19H,2-11,17H2,1H3. The molecule has 0 aromatic heterocycles. The SMILES string of the molecule is CCCCCCCC1CCC(COc2cc(F)c(C(=O)Oc3cc(F)c(C#N)c(F)c3)c(F)c2)CC1. The van der Waals surface area contributed by atoms with Gasteiger partial charge in [0.25, 0.3) is 0 Å². The van der Waals surface area contributed by atoms with E-state index in [1.807, 2.05) is 0 Å². The predicted molar refractivity (Wildman–Crippen MR) is 127 cm³/mol. The minimum atomic E-state index is -1.46. The highest BCUT2D eigenvalue weighted by atomic mass is 19.1. The molecule has 2 aromatic rings. The van der Waals surface area contributed by atoms with Crippen LogP contribution in [-0.4, -0.2) is 12.6 Å². The summed E-state index contributed by atoms with van der Waals surface area (Å²) in [7, 11) is 0. The molecule has 1 saturated carbocycles. The average molecular weight is 506 g/mol. The van der Waals surface area contributed by atoms with Gasteiger partial charge in [-0.1, -0.05) is 58.3 Å². The van der Waals surface area contributed by atoms with Crippen LogP contribution in [-0.2, 0) is 0 Å². The number of nitrogens with zero attached hydrogens (tertiary/aromatic N) is 1. The van der Waals surface area contributed by atoms with Crippen molar-refractivity contribution in [1.82, 2.24) is 0 Å². The van der Waals surface area contributed by atoms with Gasteiger partial charge in [0.15, 0.2) is 0 Å². The molecule has 0 radical (unpaired) electrons. The second-order valence-corrected chi connectivity index (χ2v) is 9.43. The molecule has 0 saturated heterocycles. The number of ether oxygens (including phenoxy) is 2. The Balaban J connectivity index is 1.51. The summed E-state index contributed by atoms with van der Waals surface area (Å²) in [6.07, 6.45) is 11.9. The molecular weight excluding hydrogens is 474 g/mol. The van der Waals surface area contributed by atoms with Gasteiger partial charge >= 0.3 is 5.97 Å². The monoisotopic (exact) mass is 505 g/mol. The van der Waals surface area contributed by atoms with Crippen molar-refractivity contribution < 1.29 is 31.8 Å². The van der Waals surface area contributed by atoms with E-state index < -0.39 is 46.1 Å². The van der Waals surface area contributed by atoms with Crippen molar-refractivity contribution in [2.24, 2.45) is 11.8 Å². The molecule has 1 fully saturated rings. The smallest absolute Gasteiger partial charge is 0.349 e. The molecule has 0 unspecified atom stereocenters. The summed E-state index contributed by atoms with van der Waals surface area (Å²) in [5.41, 5.74) is -1.86. The number of carbonyl (C=O) groups excluding carboxylic acids is 1. The molecule has 194 valence electrons. The first kappa shape index (κ1) is 27.5. The molecule has 1 aliphatic carbocycles. The van der Waals surface area contributed by atoms with Crippen molar-refractivity contribution in [3.63, 3.8) is 0 Å². The molecule has 0 spiro atoms. The van der Waals surface area contributed by atoms with Crippen LogP contribution in [0.15, 0.2) is 24.3 Å². The maximum atomic E-state index is 14.5. The van der Waals surface area contributed by atoms with Gasteiger partial charge in [0, 0.05) is 24.3 Å². The summed E-state index contributed by atoms with van der Waals surface area (Å²) in [5, 5.41) is 8.69. The highest BCUT2D eigenvalue weighted by molar-refractivity contribution is 5.91. The van der Waals surface area contributed by atoms with Crippen LogP contribution in [0, 0.1) is 46.4 Å². The summed E-state index contributed by atoms with van der Waals surface area (Å²) in [6, 6.07) is 4.29. The van der Waals surface area contributed by atoms with Gasteiger partial charge in [-0.25, -0.2) is 22.4 Å². The topological polar surface area (TPSA) is 59.3 Å². The minimum absolute atomic E-state index is 0.0462. The lowest BCUT2D eigenvalue weighted by Crippen LogP contribution is -2.20. The molecule has 3 rings (SSSR count). The van der Waals surface area contributed by atoms with Gasteiger partial charge in [-0.3, -0.25) is 0 Å². The van der Waals surface area contributed by atoms with E-state index in [2.05, 4.69) is 6.92 Å². The van der Waals surface area contributed by atoms with E-state index in [4.69, 9.17) is 14.7 Å². The van der Waals surface area contributed by atoms with Crippen molar-refractivity contribution in [1.29, 1.82) is 5.26 Å². The van der Waals surface area contributed by atoms with E-state index in [1.54, 1.807) is 0 Å². The highest BCUT2D eigenvalue weighted by Gasteiger charge is 2.24. The molecule has 0 bridgehead atoms. The maximum absolute atomic E-state index is 14.5. The lowest BCUT2D eigenvalue weighted by molar-refractivity contribution is 0.0723. The molecule has 8 heteroatoms. The van der Waals surface area contributed by atoms with E-state index in [1.165, 1.54) is 44.6 Å². The molecule has 0 aliphatic heterocycles. The zero-order chi connectivity index (χ0) is 26.1. The fraction of sp³-hybridized carbons (Fsp3) is 0.500. The fourth-order valence-corrected chi connectivity index (χ4v) is 4.64. The summed E-state index contributed by atoms with van der Waals surface area (Å²) in [4.78, 5) is 12.3. The first-order valence-corrected chi connectivity index (χ1v) is 12.6. The van der Waals surface area contributed by atoms with Crippen molar-refractivity contribution >= 4 is 5.97 Å². The van der Waals surface area contributed by atoms with E-state index >= 15 is 0 Å². The zero-order valence-electron chi connectivity index (χ0n) is 20.4. The number of benzene rings is 2. The summed E-state index contributed by atoms with van der Waals surface area (Å²) < 4.78 is 66.9. The third kappa shape index (κ3) is 7.46. The van der Waals surface area contributed by atoms with Crippen LogP contribution in [0.3, 0.4) is 0 Å². The molecule has 0 heterocycles. The first-order valence-electron chi connectivity index (χ1n) is 12.6. The van der Waals surface area contributed by atoms with Gasteiger partial charge < -0.3 is 9.47 Å². The lowest BCUT2D eigenvalue weighted by Gasteiger charge is -2.28. The Hall–Kier alpha value is -3.08. The number of hydrogen-bond donors (Lipinski definition) is 0. The Labute approximate surface area is 209 Å². The number of rotatable bonds is 11. The van der Waals surface area contributed by atoms with E-state index in [0.29, 0.717) is 24.7 Å². The van der Waals surface area contributed by atoms with Crippen LogP contribution in [0.5, 0.6) is 11.5 Å². The largest absolute Gasteiger partial charge is 0.493 e. The van der Waals surface area contributed by atoms with Gasteiger partial charge in [-0.05, 0) is 24.7 Å². The number of nitriles is 1. The van der Waals surface area contributed by atoms with Crippen molar-refractivity contribution in [3.05, 3.63) is 58.7 Å².